The standard InChI is InChI=1S/C18H19N3O2/c1-21(2)11-10-19-15-8-9-16-17(14(15)12-22)23-18(20-16)13-6-4-3-5-7-13/h3-9,12,19H,10-11H2,1-2H3. The molecule has 0 aliphatic rings. The van der Waals surface area contributed by atoms with E-state index in [1.54, 1.807) is 0 Å². The number of benzene rings is 2. The Hall–Kier alpha value is -2.66. The van der Waals surface area contributed by atoms with Crippen molar-refractivity contribution in [3.63, 3.8) is 0 Å². The van der Waals surface area contributed by atoms with E-state index in [9.17, 15) is 4.79 Å². The van der Waals surface area contributed by atoms with Crippen molar-refractivity contribution in [2.24, 2.45) is 0 Å². The summed E-state index contributed by atoms with van der Waals surface area (Å²) in [4.78, 5) is 18.1. The molecule has 2 aromatic carbocycles. The lowest BCUT2D eigenvalue weighted by Gasteiger charge is -2.12. The van der Waals surface area contributed by atoms with E-state index < -0.39 is 0 Å². The van der Waals surface area contributed by atoms with Gasteiger partial charge in [0.2, 0.25) is 5.89 Å². The van der Waals surface area contributed by atoms with E-state index in [2.05, 4.69) is 15.2 Å². The number of oxazole rings is 1. The summed E-state index contributed by atoms with van der Waals surface area (Å²) >= 11 is 0. The predicted molar refractivity (Wildman–Crippen MR) is 91.9 cm³/mol. The van der Waals surface area contributed by atoms with Crippen molar-refractivity contribution in [1.82, 2.24) is 9.88 Å². The third kappa shape index (κ3) is 3.24. The summed E-state index contributed by atoms with van der Waals surface area (Å²) in [5.74, 6) is 0.522. The number of rotatable bonds is 6. The monoisotopic (exact) mass is 309 g/mol. The maximum atomic E-state index is 11.5. The molecule has 0 atom stereocenters. The van der Waals surface area contributed by atoms with E-state index in [0.717, 1.165) is 30.6 Å². The first kappa shape index (κ1) is 15.2. The first-order valence-corrected chi connectivity index (χ1v) is 7.52. The van der Waals surface area contributed by atoms with Crippen LogP contribution in [0.25, 0.3) is 22.6 Å². The molecule has 3 aromatic rings. The van der Waals surface area contributed by atoms with E-state index in [-0.39, 0.29) is 0 Å². The number of hydrogen-bond acceptors (Lipinski definition) is 5. The van der Waals surface area contributed by atoms with Crippen LogP contribution in [-0.2, 0) is 0 Å². The molecular formula is C18H19N3O2. The van der Waals surface area contributed by atoms with Crippen molar-refractivity contribution in [3.8, 4) is 11.5 Å². The quantitative estimate of drug-likeness (QED) is 0.708. The van der Waals surface area contributed by atoms with Gasteiger partial charge in [-0.3, -0.25) is 4.79 Å². The SMILES string of the molecule is CN(C)CCNc1ccc2nc(-c3ccccc3)oc2c1C=O. The summed E-state index contributed by atoms with van der Waals surface area (Å²) in [5.41, 5.74) is 3.38. The molecule has 5 nitrogen and oxygen atoms in total. The molecule has 5 heteroatoms. The van der Waals surface area contributed by atoms with Crippen LogP contribution in [0.2, 0.25) is 0 Å². The highest BCUT2D eigenvalue weighted by molar-refractivity contribution is 6.00. The summed E-state index contributed by atoms with van der Waals surface area (Å²) < 4.78 is 5.85. The molecule has 0 aliphatic carbocycles. The maximum Gasteiger partial charge on any atom is 0.227 e. The zero-order valence-electron chi connectivity index (χ0n) is 13.2. The number of anilines is 1. The minimum absolute atomic E-state index is 0.510. The van der Waals surface area contributed by atoms with Crippen molar-refractivity contribution >= 4 is 23.1 Å². The van der Waals surface area contributed by atoms with Gasteiger partial charge in [-0.2, -0.15) is 0 Å². The minimum atomic E-state index is 0.510. The molecule has 0 aliphatic heterocycles. The Morgan fingerprint density at radius 1 is 1.17 bits per heavy atom. The van der Waals surface area contributed by atoms with Crippen LogP contribution in [0.4, 0.5) is 5.69 Å². The fourth-order valence-corrected chi connectivity index (χ4v) is 2.40. The number of nitrogens with zero attached hydrogens (tertiary/aromatic N) is 2. The van der Waals surface area contributed by atoms with Gasteiger partial charge in [-0.25, -0.2) is 4.98 Å². The Morgan fingerprint density at radius 2 is 1.96 bits per heavy atom. The van der Waals surface area contributed by atoms with Gasteiger partial charge in [-0.05, 0) is 38.4 Å². The van der Waals surface area contributed by atoms with Crippen LogP contribution in [0.3, 0.4) is 0 Å². The average Bonchev–Trinajstić information content (AvgIpc) is 2.99. The van der Waals surface area contributed by atoms with E-state index in [4.69, 9.17) is 4.42 Å². The molecular weight excluding hydrogens is 290 g/mol. The molecule has 118 valence electrons. The molecule has 0 amide bonds. The average molecular weight is 309 g/mol. The molecule has 0 saturated carbocycles. The van der Waals surface area contributed by atoms with Gasteiger partial charge in [0.25, 0.3) is 0 Å². The summed E-state index contributed by atoms with van der Waals surface area (Å²) in [5, 5.41) is 3.28. The van der Waals surface area contributed by atoms with Crippen LogP contribution in [0.15, 0.2) is 46.9 Å². The number of nitrogens with one attached hydrogen (secondary N) is 1. The zero-order chi connectivity index (χ0) is 16.2. The second kappa shape index (κ2) is 6.62. The lowest BCUT2D eigenvalue weighted by molar-refractivity contribution is 0.112. The van der Waals surface area contributed by atoms with Gasteiger partial charge in [0, 0.05) is 24.3 Å². The molecule has 3 rings (SSSR count). The zero-order valence-corrected chi connectivity index (χ0v) is 13.2. The largest absolute Gasteiger partial charge is 0.435 e. The topological polar surface area (TPSA) is 58.4 Å². The maximum absolute atomic E-state index is 11.5. The molecule has 0 fully saturated rings. The van der Waals surface area contributed by atoms with Gasteiger partial charge in [-0.15, -0.1) is 0 Å². The highest BCUT2D eigenvalue weighted by atomic mass is 16.3. The number of hydrogen-bond donors (Lipinski definition) is 1. The number of carbonyl (C=O) groups excluding carboxylic acids is 1. The Balaban J connectivity index is 1.97. The van der Waals surface area contributed by atoms with Crippen molar-refractivity contribution < 1.29 is 9.21 Å². The van der Waals surface area contributed by atoms with E-state index in [0.29, 0.717) is 22.6 Å². The number of aromatic nitrogens is 1. The Labute approximate surface area is 134 Å². The smallest absolute Gasteiger partial charge is 0.227 e. The van der Waals surface area contributed by atoms with Crippen LogP contribution in [-0.4, -0.2) is 43.4 Å². The number of likely N-dealkylation sites (N-methyl/N-ethyl adjacent to an activating group) is 1. The third-order valence-electron chi connectivity index (χ3n) is 3.61. The van der Waals surface area contributed by atoms with E-state index in [1.807, 2.05) is 56.6 Å². The van der Waals surface area contributed by atoms with Gasteiger partial charge in [0.05, 0.1) is 5.56 Å². The second-order valence-electron chi connectivity index (χ2n) is 5.61. The van der Waals surface area contributed by atoms with Gasteiger partial charge >= 0.3 is 0 Å². The van der Waals surface area contributed by atoms with Crippen LogP contribution in [0.5, 0.6) is 0 Å². The third-order valence-corrected chi connectivity index (χ3v) is 3.61. The minimum Gasteiger partial charge on any atom is -0.435 e. The molecule has 0 spiro atoms. The van der Waals surface area contributed by atoms with Crippen LogP contribution >= 0.6 is 0 Å². The molecule has 0 unspecified atom stereocenters. The molecule has 1 N–H and O–H groups in total. The van der Waals surface area contributed by atoms with Crippen LogP contribution in [0, 0.1) is 0 Å². The molecule has 0 bridgehead atoms. The second-order valence-corrected chi connectivity index (χ2v) is 5.61. The van der Waals surface area contributed by atoms with Gasteiger partial charge in [-0.1, -0.05) is 18.2 Å². The summed E-state index contributed by atoms with van der Waals surface area (Å²) in [6.45, 7) is 1.63. The molecule has 23 heavy (non-hydrogen) atoms. The van der Waals surface area contributed by atoms with Gasteiger partial charge in [0.1, 0.15) is 5.52 Å². The van der Waals surface area contributed by atoms with Crippen LogP contribution in [0.1, 0.15) is 10.4 Å². The van der Waals surface area contributed by atoms with Crippen LogP contribution < -0.4 is 5.32 Å². The number of carbonyl (C=O) groups is 1. The first-order chi connectivity index (χ1) is 11.2. The Bertz CT molecular complexity index is 810. The molecule has 0 radical (unpaired) electrons. The fraction of sp³-hybridized carbons (Fsp3) is 0.222. The van der Waals surface area contributed by atoms with Crippen molar-refractivity contribution in [1.29, 1.82) is 0 Å². The number of fused-ring (bicyclic) bond motifs is 1. The lowest BCUT2D eigenvalue weighted by Crippen LogP contribution is -2.21. The Kier molecular flexibility index (Phi) is 4.39. The van der Waals surface area contributed by atoms with Crippen molar-refractivity contribution in [3.05, 3.63) is 48.0 Å². The highest BCUT2D eigenvalue weighted by Crippen LogP contribution is 2.29. The lowest BCUT2D eigenvalue weighted by atomic mass is 10.1. The van der Waals surface area contributed by atoms with Gasteiger partial charge < -0.3 is 14.6 Å². The van der Waals surface area contributed by atoms with E-state index >= 15 is 0 Å². The number of aldehydes is 1. The van der Waals surface area contributed by atoms with Crippen molar-refractivity contribution in [2.75, 3.05) is 32.5 Å². The first-order valence-electron chi connectivity index (χ1n) is 7.52. The normalized spacial score (nSPS) is 11.1. The summed E-state index contributed by atoms with van der Waals surface area (Å²) in [6, 6.07) is 13.4. The predicted octanol–water partition coefficient (Wildman–Crippen LogP) is 3.28. The van der Waals surface area contributed by atoms with E-state index in [1.165, 1.54) is 0 Å². The van der Waals surface area contributed by atoms with Crippen molar-refractivity contribution in [2.45, 2.75) is 0 Å². The molecule has 1 heterocycles. The molecule has 1 aromatic heterocycles. The fourth-order valence-electron chi connectivity index (χ4n) is 2.40. The summed E-state index contributed by atoms with van der Waals surface area (Å²) in [7, 11) is 4.02. The van der Waals surface area contributed by atoms with Gasteiger partial charge in [0.15, 0.2) is 11.9 Å². The highest BCUT2D eigenvalue weighted by Gasteiger charge is 2.14. The Morgan fingerprint density at radius 3 is 2.65 bits per heavy atom. The summed E-state index contributed by atoms with van der Waals surface area (Å²) in [6.07, 6.45) is 0.820. The molecule has 0 saturated heterocycles.